The topological polar surface area (TPSA) is 47.7 Å². The van der Waals surface area contributed by atoms with Gasteiger partial charge >= 0.3 is 0 Å². The van der Waals surface area contributed by atoms with Gasteiger partial charge in [-0.25, -0.2) is 0 Å². The van der Waals surface area contributed by atoms with Crippen LogP contribution in [0.5, 0.6) is 0 Å². The zero-order valence-corrected chi connectivity index (χ0v) is 10.6. The van der Waals surface area contributed by atoms with Crippen molar-refractivity contribution in [1.29, 1.82) is 0 Å². The van der Waals surface area contributed by atoms with Crippen LogP contribution in [0, 0.1) is 6.92 Å². The number of nitrogens with one attached hydrogen (secondary N) is 1. The Morgan fingerprint density at radius 2 is 2.12 bits per heavy atom. The van der Waals surface area contributed by atoms with Crippen molar-refractivity contribution in [2.75, 3.05) is 5.32 Å². The summed E-state index contributed by atoms with van der Waals surface area (Å²) < 4.78 is 3.83. The second-order valence-corrected chi connectivity index (χ2v) is 4.27. The van der Waals surface area contributed by atoms with Gasteiger partial charge in [-0.15, -0.1) is 0 Å². The fourth-order valence-corrected chi connectivity index (χ4v) is 1.84. The number of hydrogen-bond acceptors (Lipinski definition) is 3. The number of hydrogen-bond donors (Lipinski definition) is 1. The summed E-state index contributed by atoms with van der Waals surface area (Å²) in [4.78, 5) is 0. The molecule has 17 heavy (non-hydrogen) atoms. The minimum absolute atomic E-state index is 0.782. The highest BCUT2D eigenvalue weighted by Gasteiger charge is 2.04. The second kappa shape index (κ2) is 5.03. The maximum atomic E-state index is 4.30. The van der Waals surface area contributed by atoms with Gasteiger partial charge in [0.25, 0.3) is 0 Å². The lowest BCUT2D eigenvalue weighted by Crippen LogP contribution is -2.05. The van der Waals surface area contributed by atoms with E-state index in [0.717, 1.165) is 30.9 Å². The van der Waals surface area contributed by atoms with E-state index in [1.807, 2.05) is 28.8 Å². The maximum Gasteiger partial charge on any atom is 0.127 e. The van der Waals surface area contributed by atoms with Gasteiger partial charge in [0.1, 0.15) is 5.82 Å². The summed E-state index contributed by atoms with van der Waals surface area (Å²) in [5, 5.41) is 11.9. The minimum atomic E-state index is 0.782. The molecule has 0 aliphatic heterocycles. The zero-order valence-electron chi connectivity index (χ0n) is 10.6. The van der Waals surface area contributed by atoms with Crippen molar-refractivity contribution in [3.05, 3.63) is 29.7 Å². The van der Waals surface area contributed by atoms with Crippen LogP contribution in [-0.2, 0) is 20.1 Å². The van der Waals surface area contributed by atoms with Crippen LogP contribution >= 0.6 is 0 Å². The molecule has 0 aromatic carbocycles. The summed E-state index contributed by atoms with van der Waals surface area (Å²) in [6, 6.07) is 0. The first-order chi connectivity index (χ1) is 8.20. The third-order valence-corrected chi connectivity index (χ3v) is 2.72. The van der Waals surface area contributed by atoms with Crippen molar-refractivity contribution < 1.29 is 0 Å². The van der Waals surface area contributed by atoms with E-state index in [4.69, 9.17) is 0 Å². The fraction of sp³-hybridized carbons (Fsp3) is 0.500. The summed E-state index contributed by atoms with van der Waals surface area (Å²) in [5.41, 5.74) is 2.35. The van der Waals surface area contributed by atoms with Crippen LogP contribution in [0.25, 0.3) is 0 Å². The molecule has 0 amide bonds. The van der Waals surface area contributed by atoms with E-state index >= 15 is 0 Å². The highest BCUT2D eigenvalue weighted by Crippen LogP contribution is 2.13. The number of aryl methyl sites for hydroxylation is 3. The molecule has 0 saturated heterocycles. The summed E-state index contributed by atoms with van der Waals surface area (Å²) in [6.45, 7) is 5.96. The average Bonchev–Trinajstić information content (AvgIpc) is 2.86. The van der Waals surface area contributed by atoms with E-state index in [1.165, 1.54) is 5.56 Å². The Labute approximate surface area is 101 Å². The molecule has 2 heterocycles. The molecule has 0 unspecified atom stereocenters. The average molecular weight is 233 g/mol. The van der Waals surface area contributed by atoms with Crippen molar-refractivity contribution >= 4 is 5.82 Å². The molecule has 0 aliphatic carbocycles. The van der Waals surface area contributed by atoms with Gasteiger partial charge in [-0.2, -0.15) is 10.2 Å². The van der Waals surface area contributed by atoms with Gasteiger partial charge in [-0.1, -0.05) is 6.92 Å². The molecule has 0 radical (unpaired) electrons. The van der Waals surface area contributed by atoms with Crippen LogP contribution in [0.15, 0.2) is 18.6 Å². The highest BCUT2D eigenvalue weighted by atomic mass is 15.3. The van der Waals surface area contributed by atoms with E-state index in [1.54, 1.807) is 0 Å². The third-order valence-electron chi connectivity index (χ3n) is 2.72. The lowest BCUT2D eigenvalue weighted by atomic mass is 10.3. The Bertz CT molecular complexity index is 463. The SMILES string of the molecule is CCCn1cc(CNc2c(C)cnn2C)cn1. The summed E-state index contributed by atoms with van der Waals surface area (Å²) >= 11 is 0. The minimum Gasteiger partial charge on any atom is -0.366 e. The molecule has 0 bridgehead atoms. The van der Waals surface area contributed by atoms with E-state index < -0.39 is 0 Å². The van der Waals surface area contributed by atoms with Crippen LogP contribution < -0.4 is 5.32 Å². The highest BCUT2D eigenvalue weighted by molar-refractivity contribution is 5.43. The molecule has 2 rings (SSSR count). The molecule has 0 atom stereocenters. The second-order valence-electron chi connectivity index (χ2n) is 4.27. The predicted molar refractivity (Wildman–Crippen MR) is 67.8 cm³/mol. The quantitative estimate of drug-likeness (QED) is 0.858. The van der Waals surface area contributed by atoms with E-state index in [2.05, 4.69) is 35.6 Å². The lowest BCUT2D eigenvalue weighted by molar-refractivity contribution is 0.602. The fourth-order valence-electron chi connectivity index (χ4n) is 1.84. The summed E-state index contributed by atoms with van der Waals surface area (Å²) in [5.74, 6) is 1.06. The van der Waals surface area contributed by atoms with Crippen molar-refractivity contribution in [3.63, 3.8) is 0 Å². The molecular formula is C12H19N5. The molecule has 0 fully saturated rings. The number of rotatable bonds is 5. The van der Waals surface area contributed by atoms with Crippen LogP contribution in [0.2, 0.25) is 0 Å². The van der Waals surface area contributed by atoms with Gasteiger partial charge in [0.2, 0.25) is 0 Å². The largest absolute Gasteiger partial charge is 0.366 e. The Hall–Kier alpha value is -1.78. The first kappa shape index (κ1) is 11.7. The normalized spacial score (nSPS) is 10.8. The van der Waals surface area contributed by atoms with Gasteiger partial charge < -0.3 is 5.32 Å². The summed E-state index contributed by atoms with van der Waals surface area (Å²) in [7, 11) is 1.94. The van der Waals surface area contributed by atoms with Crippen LogP contribution in [0.1, 0.15) is 24.5 Å². The molecule has 1 N–H and O–H groups in total. The molecule has 92 valence electrons. The van der Waals surface area contributed by atoms with Crippen molar-refractivity contribution in [1.82, 2.24) is 19.6 Å². The molecule has 0 aliphatic rings. The molecule has 2 aromatic heterocycles. The van der Waals surface area contributed by atoms with Crippen LogP contribution in [0.3, 0.4) is 0 Å². The lowest BCUT2D eigenvalue weighted by Gasteiger charge is -2.06. The van der Waals surface area contributed by atoms with Crippen LogP contribution in [-0.4, -0.2) is 19.6 Å². The monoisotopic (exact) mass is 233 g/mol. The van der Waals surface area contributed by atoms with Crippen molar-refractivity contribution in [2.24, 2.45) is 7.05 Å². The smallest absolute Gasteiger partial charge is 0.127 e. The Balaban J connectivity index is 1.97. The molecule has 2 aromatic rings. The first-order valence-electron chi connectivity index (χ1n) is 5.94. The molecule has 5 nitrogen and oxygen atoms in total. The summed E-state index contributed by atoms with van der Waals surface area (Å²) in [6.07, 6.45) is 6.97. The number of nitrogens with zero attached hydrogens (tertiary/aromatic N) is 4. The maximum absolute atomic E-state index is 4.30. The van der Waals surface area contributed by atoms with Gasteiger partial charge in [-0.3, -0.25) is 9.36 Å². The standard InChI is InChI=1S/C12H19N5/c1-4-5-17-9-11(8-15-17)7-13-12-10(2)6-14-16(12)3/h6,8-9,13H,4-5,7H2,1-3H3. The van der Waals surface area contributed by atoms with Gasteiger partial charge in [-0.05, 0) is 13.3 Å². The van der Waals surface area contributed by atoms with Crippen molar-refractivity contribution in [3.8, 4) is 0 Å². The molecule has 0 saturated carbocycles. The Kier molecular flexibility index (Phi) is 3.46. The number of anilines is 1. The van der Waals surface area contributed by atoms with Crippen molar-refractivity contribution in [2.45, 2.75) is 33.4 Å². The van der Waals surface area contributed by atoms with E-state index in [9.17, 15) is 0 Å². The molecule has 0 spiro atoms. The zero-order chi connectivity index (χ0) is 12.3. The van der Waals surface area contributed by atoms with Gasteiger partial charge in [0.05, 0.1) is 12.4 Å². The van der Waals surface area contributed by atoms with E-state index in [-0.39, 0.29) is 0 Å². The predicted octanol–water partition coefficient (Wildman–Crippen LogP) is 1.95. The van der Waals surface area contributed by atoms with Crippen LogP contribution in [0.4, 0.5) is 5.82 Å². The van der Waals surface area contributed by atoms with E-state index in [0.29, 0.717) is 0 Å². The third kappa shape index (κ3) is 2.67. The molecule has 5 heteroatoms. The van der Waals surface area contributed by atoms with Gasteiger partial charge in [0, 0.05) is 37.5 Å². The molecular weight excluding hydrogens is 214 g/mol. The van der Waals surface area contributed by atoms with Gasteiger partial charge in [0.15, 0.2) is 0 Å². The Morgan fingerprint density at radius 3 is 2.76 bits per heavy atom. The first-order valence-corrected chi connectivity index (χ1v) is 5.94. The Morgan fingerprint density at radius 1 is 1.29 bits per heavy atom. The number of aromatic nitrogens is 4.